The fraction of sp³-hybridized carbons (Fsp3) is 0.286. The molecule has 1 aromatic carbocycles. The van der Waals surface area contributed by atoms with E-state index >= 15 is 0 Å². The fourth-order valence-corrected chi connectivity index (χ4v) is 3.30. The van der Waals surface area contributed by atoms with Crippen molar-refractivity contribution in [2.75, 3.05) is 11.6 Å². The van der Waals surface area contributed by atoms with Crippen LogP contribution in [0.3, 0.4) is 0 Å². The minimum atomic E-state index is -3.33. The van der Waals surface area contributed by atoms with Gasteiger partial charge in [-0.3, -0.25) is 0 Å². The number of nitrogens with one attached hydrogen (secondary N) is 1. The van der Waals surface area contributed by atoms with E-state index < -0.39 is 15.7 Å². The van der Waals surface area contributed by atoms with Crippen LogP contribution in [0.5, 0.6) is 0 Å². The van der Waals surface area contributed by atoms with Gasteiger partial charge < -0.3 is 5.32 Å². The Kier molecular flexibility index (Phi) is 4.45. The van der Waals surface area contributed by atoms with Crippen molar-refractivity contribution in [3.05, 3.63) is 45.9 Å². The highest BCUT2D eigenvalue weighted by Gasteiger charge is 2.11. The van der Waals surface area contributed by atoms with Crippen molar-refractivity contribution in [2.45, 2.75) is 24.8 Å². The quantitative estimate of drug-likeness (QED) is 0.860. The van der Waals surface area contributed by atoms with Crippen LogP contribution in [0, 0.1) is 5.82 Å². The topological polar surface area (TPSA) is 46.2 Å². The molecule has 6 heteroatoms. The smallest absolute Gasteiger partial charge is 0.175 e. The molecule has 0 radical (unpaired) electrons. The summed E-state index contributed by atoms with van der Waals surface area (Å²) in [5, 5.41) is 2.95. The summed E-state index contributed by atoms with van der Waals surface area (Å²) in [6, 6.07) is 7.82. The van der Waals surface area contributed by atoms with Crippen LogP contribution < -0.4 is 5.32 Å². The van der Waals surface area contributed by atoms with E-state index in [1.807, 2.05) is 12.1 Å². The fourth-order valence-electron chi connectivity index (χ4n) is 1.76. The largest absolute Gasteiger partial charge is 0.378 e. The van der Waals surface area contributed by atoms with Crippen LogP contribution in [-0.2, 0) is 22.8 Å². The Morgan fingerprint density at radius 1 is 1.20 bits per heavy atom. The standard InChI is InChI=1S/C14H16FNO2S2/c1-3-10-4-5-11(19-10)9-16-14-8-12(20(2,17)18)6-7-13(14)15/h4-8,16H,3,9H2,1-2H3. The van der Waals surface area contributed by atoms with Crippen molar-refractivity contribution in [2.24, 2.45) is 0 Å². The highest BCUT2D eigenvalue weighted by atomic mass is 32.2. The summed E-state index contributed by atoms with van der Waals surface area (Å²) in [7, 11) is -3.33. The molecule has 108 valence electrons. The molecule has 0 saturated heterocycles. The first-order chi connectivity index (χ1) is 9.40. The van der Waals surface area contributed by atoms with E-state index in [9.17, 15) is 12.8 Å². The van der Waals surface area contributed by atoms with Crippen LogP contribution in [-0.4, -0.2) is 14.7 Å². The minimum Gasteiger partial charge on any atom is -0.378 e. The summed E-state index contributed by atoms with van der Waals surface area (Å²) in [5.74, 6) is -0.454. The second-order valence-corrected chi connectivity index (χ2v) is 7.76. The molecule has 0 atom stereocenters. The van der Waals surface area contributed by atoms with Crippen LogP contribution in [0.15, 0.2) is 35.2 Å². The minimum absolute atomic E-state index is 0.113. The number of halogens is 1. The van der Waals surface area contributed by atoms with Gasteiger partial charge in [-0.05, 0) is 36.8 Å². The molecule has 0 unspecified atom stereocenters. The number of sulfone groups is 1. The average Bonchev–Trinajstić information content (AvgIpc) is 2.84. The Bertz CT molecular complexity index is 708. The first-order valence-electron chi connectivity index (χ1n) is 6.21. The molecule has 0 aliphatic heterocycles. The third kappa shape index (κ3) is 3.58. The molecule has 2 aromatic rings. The predicted octanol–water partition coefficient (Wildman–Crippen LogP) is 3.47. The Labute approximate surface area is 122 Å². The average molecular weight is 313 g/mol. The molecule has 1 aromatic heterocycles. The van der Waals surface area contributed by atoms with Gasteiger partial charge in [0.25, 0.3) is 0 Å². The summed E-state index contributed by atoms with van der Waals surface area (Å²) in [6.45, 7) is 2.56. The maximum atomic E-state index is 13.7. The molecule has 0 spiro atoms. The van der Waals surface area contributed by atoms with Crippen LogP contribution in [0.4, 0.5) is 10.1 Å². The Morgan fingerprint density at radius 2 is 1.90 bits per heavy atom. The molecule has 0 saturated carbocycles. The van der Waals surface area contributed by atoms with E-state index in [0.29, 0.717) is 6.54 Å². The summed E-state index contributed by atoms with van der Waals surface area (Å²) < 4.78 is 36.6. The van der Waals surface area contributed by atoms with Crippen molar-refractivity contribution in [1.29, 1.82) is 0 Å². The van der Waals surface area contributed by atoms with Crippen molar-refractivity contribution >= 4 is 26.9 Å². The lowest BCUT2D eigenvalue weighted by Crippen LogP contribution is -2.03. The number of hydrogen-bond acceptors (Lipinski definition) is 4. The van der Waals surface area contributed by atoms with Crippen LogP contribution >= 0.6 is 11.3 Å². The molecule has 0 amide bonds. The molecule has 0 aliphatic carbocycles. The van der Waals surface area contributed by atoms with Gasteiger partial charge in [0.2, 0.25) is 0 Å². The zero-order valence-electron chi connectivity index (χ0n) is 11.3. The second kappa shape index (κ2) is 5.93. The molecular weight excluding hydrogens is 297 g/mol. The Balaban J connectivity index is 2.16. The van der Waals surface area contributed by atoms with Crippen molar-refractivity contribution in [3.8, 4) is 0 Å². The Hall–Kier alpha value is -1.40. The third-order valence-corrected chi connectivity index (χ3v) is 5.22. The van der Waals surface area contributed by atoms with E-state index in [0.717, 1.165) is 17.6 Å². The van der Waals surface area contributed by atoms with Gasteiger partial charge in [-0.1, -0.05) is 6.92 Å². The highest BCUT2D eigenvalue weighted by molar-refractivity contribution is 7.90. The molecule has 2 rings (SSSR count). The number of benzene rings is 1. The van der Waals surface area contributed by atoms with Crippen LogP contribution in [0.1, 0.15) is 16.7 Å². The third-order valence-electron chi connectivity index (χ3n) is 2.88. The van der Waals surface area contributed by atoms with E-state index in [2.05, 4.69) is 12.2 Å². The molecule has 3 nitrogen and oxygen atoms in total. The van der Waals surface area contributed by atoms with Gasteiger partial charge in [0.15, 0.2) is 9.84 Å². The van der Waals surface area contributed by atoms with Crippen LogP contribution in [0.2, 0.25) is 0 Å². The lowest BCUT2D eigenvalue weighted by Gasteiger charge is -2.08. The second-order valence-electron chi connectivity index (χ2n) is 4.49. The first-order valence-corrected chi connectivity index (χ1v) is 8.92. The maximum Gasteiger partial charge on any atom is 0.175 e. The number of anilines is 1. The SMILES string of the molecule is CCc1ccc(CNc2cc(S(C)(=O)=O)ccc2F)s1. The zero-order chi connectivity index (χ0) is 14.8. The summed E-state index contributed by atoms with van der Waals surface area (Å²) in [6.07, 6.45) is 2.08. The summed E-state index contributed by atoms with van der Waals surface area (Å²) in [5.41, 5.74) is 0.208. The number of aryl methyl sites for hydroxylation is 1. The molecule has 0 fully saturated rings. The molecule has 0 aliphatic rings. The monoisotopic (exact) mass is 313 g/mol. The van der Waals surface area contributed by atoms with E-state index in [1.54, 1.807) is 11.3 Å². The number of hydrogen-bond donors (Lipinski definition) is 1. The van der Waals surface area contributed by atoms with E-state index in [1.165, 1.54) is 23.1 Å². The van der Waals surface area contributed by atoms with Gasteiger partial charge >= 0.3 is 0 Å². The van der Waals surface area contributed by atoms with Gasteiger partial charge in [-0.2, -0.15) is 0 Å². The van der Waals surface area contributed by atoms with Gasteiger partial charge in [0.05, 0.1) is 10.6 Å². The lowest BCUT2D eigenvalue weighted by atomic mass is 10.3. The van der Waals surface area contributed by atoms with Crippen LogP contribution in [0.25, 0.3) is 0 Å². The maximum absolute atomic E-state index is 13.7. The van der Waals surface area contributed by atoms with Crippen molar-refractivity contribution in [3.63, 3.8) is 0 Å². The van der Waals surface area contributed by atoms with E-state index in [4.69, 9.17) is 0 Å². The van der Waals surface area contributed by atoms with Crippen molar-refractivity contribution < 1.29 is 12.8 Å². The van der Waals surface area contributed by atoms with E-state index in [-0.39, 0.29) is 10.6 Å². The zero-order valence-corrected chi connectivity index (χ0v) is 12.9. The molecule has 0 bridgehead atoms. The number of thiophene rings is 1. The van der Waals surface area contributed by atoms with Gasteiger partial charge in [-0.15, -0.1) is 11.3 Å². The first kappa shape index (κ1) is 15.0. The molecular formula is C14H16FNO2S2. The Morgan fingerprint density at radius 3 is 2.50 bits per heavy atom. The molecule has 20 heavy (non-hydrogen) atoms. The van der Waals surface area contributed by atoms with Gasteiger partial charge in [0.1, 0.15) is 5.82 Å². The normalized spacial score (nSPS) is 11.6. The lowest BCUT2D eigenvalue weighted by molar-refractivity contribution is 0.600. The predicted molar refractivity (Wildman–Crippen MR) is 80.5 cm³/mol. The summed E-state index contributed by atoms with van der Waals surface area (Å²) in [4.78, 5) is 2.47. The molecule has 1 heterocycles. The van der Waals surface area contributed by atoms with Gasteiger partial charge in [-0.25, -0.2) is 12.8 Å². The number of rotatable bonds is 5. The van der Waals surface area contributed by atoms with Crippen molar-refractivity contribution in [1.82, 2.24) is 0 Å². The molecule has 1 N–H and O–H groups in total. The van der Waals surface area contributed by atoms with Gasteiger partial charge in [0, 0.05) is 22.6 Å². The highest BCUT2D eigenvalue weighted by Crippen LogP contribution is 2.22. The summed E-state index contributed by atoms with van der Waals surface area (Å²) >= 11 is 1.66.